The van der Waals surface area contributed by atoms with E-state index in [9.17, 15) is 0 Å². The van der Waals surface area contributed by atoms with Gasteiger partial charge in [0.1, 0.15) is 5.82 Å². The maximum absolute atomic E-state index is 4.79. The smallest absolute Gasteiger partial charge is 0.135 e. The number of rotatable bonds is 1. The molecule has 1 N–H and O–H groups in total. The van der Waals surface area contributed by atoms with Crippen molar-refractivity contribution in [2.24, 2.45) is 0 Å². The fourth-order valence-electron chi connectivity index (χ4n) is 2.61. The summed E-state index contributed by atoms with van der Waals surface area (Å²) < 4.78 is 2.12. The van der Waals surface area contributed by atoms with Crippen LogP contribution >= 0.6 is 0 Å². The van der Waals surface area contributed by atoms with Crippen molar-refractivity contribution in [2.45, 2.75) is 33.2 Å². The summed E-state index contributed by atoms with van der Waals surface area (Å²) >= 11 is 0. The van der Waals surface area contributed by atoms with Crippen LogP contribution in [0.25, 0.3) is 11.3 Å². The number of aromatic nitrogens is 3. The quantitative estimate of drug-likeness (QED) is 0.836. The zero-order valence-corrected chi connectivity index (χ0v) is 11.1. The van der Waals surface area contributed by atoms with E-state index >= 15 is 0 Å². The van der Waals surface area contributed by atoms with Crippen molar-refractivity contribution >= 4 is 5.82 Å². The highest BCUT2D eigenvalue weighted by Crippen LogP contribution is 2.33. The molecular weight excluding hydrogens is 224 g/mol. The Hall–Kier alpha value is -1.84. The topological polar surface area (TPSA) is 42.7 Å². The van der Waals surface area contributed by atoms with E-state index in [-0.39, 0.29) is 0 Å². The van der Waals surface area contributed by atoms with Crippen LogP contribution in [-0.2, 0) is 6.42 Å². The molecule has 0 amide bonds. The Labute approximate surface area is 107 Å². The zero-order chi connectivity index (χ0) is 12.7. The van der Waals surface area contributed by atoms with Gasteiger partial charge in [-0.05, 0) is 39.3 Å². The van der Waals surface area contributed by atoms with E-state index in [2.05, 4.69) is 41.8 Å². The largest absolute Gasteiger partial charge is 0.369 e. The molecule has 0 atom stereocenters. The van der Waals surface area contributed by atoms with Gasteiger partial charge in [0.25, 0.3) is 0 Å². The summed E-state index contributed by atoms with van der Waals surface area (Å²) in [5, 5.41) is 8.16. The third-order valence-corrected chi connectivity index (χ3v) is 3.49. The van der Waals surface area contributed by atoms with Crippen LogP contribution in [0.3, 0.4) is 0 Å². The number of fused-ring (bicyclic) bond motifs is 3. The first-order valence-corrected chi connectivity index (χ1v) is 6.45. The third-order valence-electron chi connectivity index (χ3n) is 3.49. The molecule has 0 saturated heterocycles. The van der Waals surface area contributed by atoms with Crippen molar-refractivity contribution in [1.29, 1.82) is 0 Å². The van der Waals surface area contributed by atoms with Gasteiger partial charge < -0.3 is 5.32 Å². The Morgan fingerprint density at radius 1 is 1.39 bits per heavy atom. The molecule has 0 spiro atoms. The molecule has 4 nitrogen and oxygen atoms in total. The highest BCUT2D eigenvalue weighted by Gasteiger charge is 2.22. The Balaban J connectivity index is 2.24. The van der Waals surface area contributed by atoms with Crippen molar-refractivity contribution < 1.29 is 0 Å². The number of hydrogen-bond acceptors (Lipinski definition) is 3. The minimum Gasteiger partial charge on any atom is -0.369 e. The van der Waals surface area contributed by atoms with Gasteiger partial charge in [-0.15, -0.1) is 0 Å². The minimum absolute atomic E-state index is 0.394. The van der Waals surface area contributed by atoms with Crippen molar-refractivity contribution in [3.8, 4) is 11.3 Å². The predicted molar refractivity (Wildman–Crippen MR) is 72.8 cm³/mol. The molecule has 1 aliphatic rings. The maximum atomic E-state index is 4.79. The van der Waals surface area contributed by atoms with Crippen molar-refractivity contribution in [3.63, 3.8) is 0 Å². The highest BCUT2D eigenvalue weighted by molar-refractivity contribution is 5.76. The Morgan fingerprint density at radius 3 is 3.00 bits per heavy atom. The molecule has 0 aliphatic carbocycles. The standard InChI is InChI=1S/C14H18N4/c1-9(2)18-10(3)11-6-8-16-14-12(13(11)17-18)5-4-7-15-14/h4-5,7,9H,6,8H2,1-3H3,(H,15,16). The molecule has 2 aromatic heterocycles. The molecule has 18 heavy (non-hydrogen) atoms. The number of pyridine rings is 1. The second-order valence-corrected chi connectivity index (χ2v) is 5.03. The number of anilines is 1. The molecule has 4 heteroatoms. The summed E-state index contributed by atoms with van der Waals surface area (Å²) in [6.07, 6.45) is 2.83. The minimum atomic E-state index is 0.394. The molecule has 1 aliphatic heterocycles. The van der Waals surface area contributed by atoms with Gasteiger partial charge in [0, 0.05) is 35.6 Å². The summed E-state index contributed by atoms with van der Waals surface area (Å²) in [6.45, 7) is 7.41. The molecule has 2 aromatic rings. The first-order valence-electron chi connectivity index (χ1n) is 6.45. The van der Waals surface area contributed by atoms with Crippen LogP contribution in [0.15, 0.2) is 18.3 Å². The normalized spacial score (nSPS) is 13.8. The van der Waals surface area contributed by atoms with Gasteiger partial charge in [-0.25, -0.2) is 4.98 Å². The average Bonchev–Trinajstić information content (AvgIpc) is 2.57. The molecule has 0 aromatic carbocycles. The number of nitrogens with one attached hydrogen (secondary N) is 1. The van der Waals surface area contributed by atoms with E-state index in [0.29, 0.717) is 6.04 Å². The van der Waals surface area contributed by atoms with Crippen LogP contribution in [0.2, 0.25) is 0 Å². The Bertz CT molecular complexity index is 583. The van der Waals surface area contributed by atoms with E-state index in [1.54, 1.807) is 0 Å². The van der Waals surface area contributed by atoms with Crippen molar-refractivity contribution in [1.82, 2.24) is 14.8 Å². The van der Waals surface area contributed by atoms with Crippen LogP contribution in [0.4, 0.5) is 5.82 Å². The monoisotopic (exact) mass is 242 g/mol. The first kappa shape index (κ1) is 11.3. The zero-order valence-electron chi connectivity index (χ0n) is 11.1. The number of hydrogen-bond donors (Lipinski definition) is 1. The summed E-state index contributed by atoms with van der Waals surface area (Å²) in [5.74, 6) is 0.949. The summed E-state index contributed by atoms with van der Waals surface area (Å²) in [6, 6.07) is 4.46. The average molecular weight is 242 g/mol. The van der Waals surface area contributed by atoms with Crippen LogP contribution in [0.5, 0.6) is 0 Å². The molecular formula is C14H18N4. The lowest BCUT2D eigenvalue weighted by Gasteiger charge is -2.09. The molecule has 3 rings (SSSR count). The van der Waals surface area contributed by atoms with Gasteiger partial charge in [-0.2, -0.15) is 5.10 Å². The summed E-state index contributed by atoms with van der Waals surface area (Å²) in [7, 11) is 0. The second kappa shape index (κ2) is 4.12. The van der Waals surface area contributed by atoms with E-state index < -0.39 is 0 Å². The van der Waals surface area contributed by atoms with E-state index in [1.807, 2.05) is 12.3 Å². The number of nitrogens with zero attached hydrogens (tertiary/aromatic N) is 3. The molecule has 3 heterocycles. The molecule has 0 saturated carbocycles. The van der Waals surface area contributed by atoms with Gasteiger partial charge in [-0.1, -0.05) is 0 Å². The fraction of sp³-hybridized carbons (Fsp3) is 0.429. The SMILES string of the molecule is Cc1c2c(nn1C(C)C)-c1cccnc1NCC2. The first-order chi connectivity index (χ1) is 8.68. The Morgan fingerprint density at radius 2 is 2.22 bits per heavy atom. The van der Waals surface area contributed by atoms with Crippen molar-refractivity contribution in [3.05, 3.63) is 29.6 Å². The van der Waals surface area contributed by atoms with Gasteiger partial charge >= 0.3 is 0 Å². The van der Waals surface area contributed by atoms with E-state index in [1.165, 1.54) is 11.3 Å². The van der Waals surface area contributed by atoms with E-state index in [4.69, 9.17) is 5.10 Å². The van der Waals surface area contributed by atoms with E-state index in [0.717, 1.165) is 30.0 Å². The second-order valence-electron chi connectivity index (χ2n) is 5.03. The lowest BCUT2D eigenvalue weighted by Crippen LogP contribution is -2.08. The van der Waals surface area contributed by atoms with Crippen molar-refractivity contribution in [2.75, 3.05) is 11.9 Å². The summed E-state index contributed by atoms with van der Waals surface area (Å²) in [4.78, 5) is 4.40. The summed E-state index contributed by atoms with van der Waals surface area (Å²) in [5.41, 5.74) is 4.84. The predicted octanol–water partition coefficient (Wildman–Crippen LogP) is 2.80. The molecule has 0 bridgehead atoms. The molecule has 0 fully saturated rings. The highest BCUT2D eigenvalue weighted by atomic mass is 15.3. The lowest BCUT2D eigenvalue weighted by molar-refractivity contribution is 0.519. The molecule has 0 unspecified atom stereocenters. The van der Waals surface area contributed by atoms with Crippen LogP contribution in [-0.4, -0.2) is 21.3 Å². The third kappa shape index (κ3) is 1.60. The fourth-order valence-corrected chi connectivity index (χ4v) is 2.61. The van der Waals surface area contributed by atoms with Crippen LogP contribution < -0.4 is 5.32 Å². The van der Waals surface area contributed by atoms with Gasteiger partial charge in [0.2, 0.25) is 0 Å². The van der Waals surface area contributed by atoms with Gasteiger partial charge in [-0.3, -0.25) is 4.68 Å². The van der Waals surface area contributed by atoms with Gasteiger partial charge in [0.05, 0.1) is 5.69 Å². The van der Waals surface area contributed by atoms with Gasteiger partial charge in [0.15, 0.2) is 0 Å². The van der Waals surface area contributed by atoms with Crippen LogP contribution in [0, 0.1) is 6.92 Å². The maximum Gasteiger partial charge on any atom is 0.135 e. The molecule has 94 valence electrons. The Kier molecular flexibility index (Phi) is 2.58. The molecule has 0 radical (unpaired) electrons. The lowest BCUT2D eigenvalue weighted by atomic mass is 10.1. The van der Waals surface area contributed by atoms with Crippen LogP contribution in [0.1, 0.15) is 31.1 Å².